The second-order valence-electron chi connectivity index (χ2n) is 9.03. The van der Waals surface area contributed by atoms with Gasteiger partial charge in [0.05, 0.1) is 12.2 Å². The molecule has 1 saturated heterocycles. The number of nitrogens with zero attached hydrogens (tertiary/aromatic N) is 1. The maximum atomic E-state index is 13.3. The summed E-state index contributed by atoms with van der Waals surface area (Å²) in [6.07, 6.45) is 3.68. The van der Waals surface area contributed by atoms with Gasteiger partial charge in [-0.25, -0.2) is 0 Å². The number of hydrogen-bond acceptors (Lipinski definition) is 5. The van der Waals surface area contributed by atoms with E-state index < -0.39 is 29.6 Å². The lowest BCUT2D eigenvalue weighted by Crippen LogP contribution is -2.56. The second-order valence-corrected chi connectivity index (χ2v) is 9.03. The van der Waals surface area contributed by atoms with Crippen LogP contribution in [0.5, 0.6) is 0 Å². The van der Waals surface area contributed by atoms with Crippen LogP contribution in [0.1, 0.15) is 51.5 Å². The summed E-state index contributed by atoms with van der Waals surface area (Å²) in [5.41, 5.74) is -0.0741. The maximum absolute atomic E-state index is 13.3. The first-order valence-corrected chi connectivity index (χ1v) is 11.1. The highest BCUT2D eigenvalue weighted by atomic mass is 16.3. The number of rotatable bonds is 7. The van der Waals surface area contributed by atoms with Crippen molar-refractivity contribution in [1.29, 1.82) is 0 Å². The standard InChI is InChI=1S/C24H36N2O4/c1-17(2)7-6-14-26-15-12-19(13-16-26)25-23(29)24(30,18-8-4-3-5-9-18)20-10-11-21(27)22(20)28/h3-5,7-9,19-22,27-28,30H,6,10-16H2,1-2H3,(H,25,29)/t20?,21-,22?,24?/m0/s1. The van der Waals surface area contributed by atoms with Crippen molar-refractivity contribution in [3.8, 4) is 0 Å². The van der Waals surface area contributed by atoms with Gasteiger partial charge in [-0.1, -0.05) is 42.0 Å². The van der Waals surface area contributed by atoms with E-state index in [1.54, 1.807) is 24.3 Å². The van der Waals surface area contributed by atoms with E-state index in [2.05, 4.69) is 30.1 Å². The Balaban J connectivity index is 1.66. The molecule has 4 N–H and O–H groups in total. The smallest absolute Gasteiger partial charge is 0.257 e. The van der Waals surface area contributed by atoms with Crippen LogP contribution in [0.4, 0.5) is 0 Å². The SMILES string of the molecule is CC(C)=CCCN1CCC(NC(=O)C(O)(c2ccccc2)C2CC[C@H](O)C2O)CC1. The lowest BCUT2D eigenvalue weighted by molar-refractivity contribution is -0.155. The van der Waals surface area contributed by atoms with Gasteiger partial charge in [0.2, 0.25) is 0 Å². The highest BCUT2D eigenvalue weighted by molar-refractivity contribution is 5.87. The molecule has 1 aliphatic carbocycles. The monoisotopic (exact) mass is 416 g/mol. The van der Waals surface area contributed by atoms with Crippen LogP contribution in [-0.4, -0.2) is 64.0 Å². The molecule has 6 heteroatoms. The third-order valence-electron chi connectivity index (χ3n) is 6.60. The van der Waals surface area contributed by atoms with Crippen LogP contribution in [-0.2, 0) is 10.4 Å². The number of aliphatic hydroxyl groups is 3. The van der Waals surface area contributed by atoms with Gasteiger partial charge in [0.15, 0.2) is 5.60 Å². The molecule has 2 fully saturated rings. The maximum Gasteiger partial charge on any atom is 0.257 e. The molecule has 6 nitrogen and oxygen atoms in total. The van der Waals surface area contributed by atoms with Gasteiger partial charge in [0.1, 0.15) is 0 Å². The quantitative estimate of drug-likeness (QED) is 0.510. The Morgan fingerprint density at radius 3 is 2.37 bits per heavy atom. The Morgan fingerprint density at radius 2 is 1.80 bits per heavy atom. The van der Waals surface area contributed by atoms with E-state index >= 15 is 0 Å². The average molecular weight is 417 g/mol. The van der Waals surface area contributed by atoms with Gasteiger partial charge < -0.3 is 25.5 Å². The Labute approximate surface area is 179 Å². The van der Waals surface area contributed by atoms with Crippen LogP contribution in [0.3, 0.4) is 0 Å². The minimum absolute atomic E-state index is 0.00379. The molecular weight excluding hydrogens is 380 g/mol. The summed E-state index contributed by atoms with van der Waals surface area (Å²) in [6.45, 7) is 7.06. The highest BCUT2D eigenvalue weighted by Gasteiger charge is 2.53. The van der Waals surface area contributed by atoms with Crippen molar-refractivity contribution in [2.75, 3.05) is 19.6 Å². The molecule has 30 heavy (non-hydrogen) atoms. The van der Waals surface area contributed by atoms with Gasteiger partial charge in [0, 0.05) is 31.6 Å². The van der Waals surface area contributed by atoms with E-state index in [9.17, 15) is 20.1 Å². The molecule has 1 aromatic carbocycles. The first-order valence-electron chi connectivity index (χ1n) is 11.1. The minimum atomic E-state index is -1.86. The first kappa shape index (κ1) is 22.9. The van der Waals surface area contributed by atoms with Gasteiger partial charge in [-0.15, -0.1) is 0 Å². The predicted octanol–water partition coefficient (Wildman–Crippen LogP) is 1.94. The molecule has 1 amide bonds. The van der Waals surface area contributed by atoms with Crippen LogP contribution in [0, 0.1) is 5.92 Å². The summed E-state index contributed by atoms with van der Waals surface area (Å²) in [6, 6.07) is 8.79. The van der Waals surface area contributed by atoms with Crippen molar-refractivity contribution >= 4 is 5.91 Å². The number of allylic oxidation sites excluding steroid dienone is 1. The van der Waals surface area contributed by atoms with E-state index in [0.29, 0.717) is 18.4 Å². The molecule has 4 atom stereocenters. The molecule has 0 bridgehead atoms. The number of amides is 1. The Hall–Kier alpha value is -1.73. The van der Waals surface area contributed by atoms with Crippen molar-refractivity contribution in [3.63, 3.8) is 0 Å². The number of likely N-dealkylation sites (tertiary alicyclic amines) is 1. The summed E-state index contributed by atoms with van der Waals surface area (Å²) >= 11 is 0. The first-order chi connectivity index (χ1) is 14.3. The molecule has 1 saturated carbocycles. The number of carbonyl (C=O) groups is 1. The molecular formula is C24H36N2O4. The highest BCUT2D eigenvalue weighted by Crippen LogP contribution is 2.41. The number of benzene rings is 1. The van der Waals surface area contributed by atoms with Gasteiger partial charge >= 0.3 is 0 Å². The van der Waals surface area contributed by atoms with Crippen molar-refractivity contribution in [3.05, 3.63) is 47.5 Å². The molecule has 1 aliphatic heterocycles. The summed E-state index contributed by atoms with van der Waals surface area (Å²) in [4.78, 5) is 15.7. The molecule has 2 aliphatic rings. The zero-order chi connectivity index (χ0) is 21.7. The fourth-order valence-corrected chi connectivity index (χ4v) is 4.75. The summed E-state index contributed by atoms with van der Waals surface area (Å²) in [7, 11) is 0. The van der Waals surface area contributed by atoms with Crippen molar-refractivity contribution in [2.45, 2.75) is 69.8 Å². The molecule has 0 radical (unpaired) electrons. The Morgan fingerprint density at radius 1 is 1.13 bits per heavy atom. The van der Waals surface area contributed by atoms with E-state index in [-0.39, 0.29) is 6.04 Å². The number of aliphatic hydroxyl groups excluding tert-OH is 2. The molecule has 0 spiro atoms. The van der Waals surface area contributed by atoms with E-state index in [0.717, 1.165) is 38.9 Å². The largest absolute Gasteiger partial charge is 0.390 e. The van der Waals surface area contributed by atoms with Gasteiger partial charge in [-0.3, -0.25) is 4.79 Å². The van der Waals surface area contributed by atoms with Gasteiger partial charge in [0.25, 0.3) is 5.91 Å². The van der Waals surface area contributed by atoms with E-state index in [4.69, 9.17) is 0 Å². The third-order valence-corrected chi connectivity index (χ3v) is 6.60. The normalized spacial score (nSPS) is 27.4. The van der Waals surface area contributed by atoms with Crippen LogP contribution in [0.15, 0.2) is 42.0 Å². The zero-order valence-corrected chi connectivity index (χ0v) is 18.1. The van der Waals surface area contributed by atoms with Gasteiger partial charge in [-0.05, 0) is 51.5 Å². The number of hydrogen-bond donors (Lipinski definition) is 4. The fraction of sp³-hybridized carbons (Fsp3) is 0.625. The van der Waals surface area contributed by atoms with Crippen LogP contribution >= 0.6 is 0 Å². The lowest BCUT2D eigenvalue weighted by Gasteiger charge is -2.38. The molecule has 1 heterocycles. The number of carbonyl (C=O) groups excluding carboxylic acids is 1. The minimum Gasteiger partial charge on any atom is -0.390 e. The van der Waals surface area contributed by atoms with Crippen LogP contribution in [0.25, 0.3) is 0 Å². The predicted molar refractivity (Wildman–Crippen MR) is 117 cm³/mol. The zero-order valence-electron chi connectivity index (χ0n) is 18.1. The van der Waals surface area contributed by atoms with Gasteiger partial charge in [-0.2, -0.15) is 0 Å². The molecule has 1 aromatic rings. The third kappa shape index (κ3) is 5.11. The topological polar surface area (TPSA) is 93.0 Å². The van der Waals surface area contributed by atoms with Crippen LogP contribution in [0.2, 0.25) is 0 Å². The van der Waals surface area contributed by atoms with Crippen LogP contribution < -0.4 is 5.32 Å². The fourth-order valence-electron chi connectivity index (χ4n) is 4.75. The number of nitrogens with one attached hydrogen (secondary N) is 1. The summed E-state index contributed by atoms with van der Waals surface area (Å²) in [5, 5.41) is 35.1. The Bertz CT molecular complexity index is 726. The average Bonchev–Trinajstić information content (AvgIpc) is 3.08. The van der Waals surface area contributed by atoms with Crippen molar-refractivity contribution < 1.29 is 20.1 Å². The molecule has 3 unspecified atom stereocenters. The van der Waals surface area contributed by atoms with Crippen molar-refractivity contribution in [2.24, 2.45) is 5.92 Å². The summed E-state index contributed by atoms with van der Waals surface area (Å²) < 4.78 is 0. The second kappa shape index (κ2) is 10.1. The van der Waals surface area contributed by atoms with Crippen molar-refractivity contribution in [1.82, 2.24) is 10.2 Å². The van der Waals surface area contributed by atoms with E-state index in [1.807, 2.05) is 6.07 Å². The number of piperidine rings is 1. The van der Waals surface area contributed by atoms with E-state index in [1.165, 1.54) is 5.57 Å². The molecule has 3 rings (SSSR count). The molecule has 166 valence electrons. The summed E-state index contributed by atoms with van der Waals surface area (Å²) in [5.74, 6) is -1.21. The Kier molecular flexibility index (Phi) is 7.69. The lowest BCUT2D eigenvalue weighted by atomic mass is 9.78. The molecule has 0 aromatic heterocycles.